The van der Waals surface area contributed by atoms with Crippen molar-refractivity contribution in [3.8, 4) is 0 Å². The van der Waals surface area contributed by atoms with Gasteiger partial charge in [0.05, 0.1) is 0 Å². The number of rotatable bonds is 4. The lowest BCUT2D eigenvalue weighted by Crippen LogP contribution is -2.33. The van der Waals surface area contributed by atoms with Gasteiger partial charge in [-0.25, -0.2) is 8.78 Å². The van der Waals surface area contributed by atoms with E-state index in [0.29, 0.717) is 5.02 Å². The highest BCUT2D eigenvalue weighted by molar-refractivity contribution is 8.12. The van der Waals surface area contributed by atoms with Crippen LogP contribution in [-0.4, -0.2) is 26.1 Å². The maximum absolute atomic E-state index is 14.4. The first-order valence-electron chi connectivity index (χ1n) is 7.22. The maximum atomic E-state index is 14.4. The molecule has 0 bridgehead atoms. The largest absolute Gasteiger partial charge is 0.396 e. The Morgan fingerprint density at radius 3 is 2.42 bits per heavy atom. The highest BCUT2D eigenvalue weighted by Gasteiger charge is 2.66. The number of hydrogen-bond acceptors (Lipinski definition) is 2. The first-order valence-corrected chi connectivity index (χ1v) is 9.16. The summed E-state index contributed by atoms with van der Waals surface area (Å²) < 4.78 is 39.9. The van der Waals surface area contributed by atoms with Gasteiger partial charge in [0, 0.05) is 37.5 Å². The molecule has 1 aliphatic heterocycles. The summed E-state index contributed by atoms with van der Waals surface area (Å²) in [4.78, 5) is 0.258. The van der Waals surface area contributed by atoms with Gasteiger partial charge in [-0.1, -0.05) is 18.5 Å². The molecule has 0 radical (unpaired) electrons. The van der Waals surface area contributed by atoms with E-state index in [0.717, 1.165) is 18.2 Å². The van der Waals surface area contributed by atoms with Crippen LogP contribution in [0.3, 0.4) is 0 Å². The molecule has 128 valence electrons. The standard InChI is InChI=1S/C17H15ClF2O3S/c1-10(9-21)17(14-8-12(19)4-7-15(14)20)16(22)24(17,23)13-5-2-11(18)3-6-13/h2-8,10,21-22H,9H2,1H3/t10-,17?,24?/m1/s1. The van der Waals surface area contributed by atoms with Crippen molar-refractivity contribution in [2.75, 3.05) is 6.61 Å². The van der Waals surface area contributed by atoms with Gasteiger partial charge in [0.15, 0.2) is 0 Å². The van der Waals surface area contributed by atoms with Crippen molar-refractivity contribution in [3.05, 3.63) is 64.7 Å². The lowest BCUT2D eigenvalue weighted by atomic mass is 9.87. The first kappa shape index (κ1) is 17.4. The molecule has 2 unspecified atom stereocenters. The van der Waals surface area contributed by atoms with E-state index in [4.69, 9.17) is 11.6 Å². The van der Waals surface area contributed by atoms with E-state index in [9.17, 15) is 23.2 Å². The van der Waals surface area contributed by atoms with Crippen molar-refractivity contribution in [3.63, 3.8) is 0 Å². The summed E-state index contributed by atoms with van der Waals surface area (Å²) in [5.41, 5.74) is -0.221. The van der Waals surface area contributed by atoms with Gasteiger partial charge in [0.25, 0.3) is 0 Å². The Morgan fingerprint density at radius 1 is 1.21 bits per heavy atom. The topological polar surface area (TPSA) is 57.5 Å². The molecule has 24 heavy (non-hydrogen) atoms. The Bertz CT molecular complexity index is 920. The van der Waals surface area contributed by atoms with E-state index in [1.54, 1.807) is 0 Å². The number of aliphatic hydroxyl groups excluding tert-OH is 2. The van der Waals surface area contributed by atoms with Crippen molar-refractivity contribution in [2.24, 2.45) is 5.92 Å². The maximum Gasteiger partial charge on any atom is 0.132 e. The molecular weight excluding hydrogens is 358 g/mol. The number of halogens is 3. The van der Waals surface area contributed by atoms with E-state index in [1.807, 2.05) is 0 Å². The van der Waals surface area contributed by atoms with Gasteiger partial charge in [0.1, 0.15) is 21.4 Å². The Labute approximate surface area is 143 Å². The molecule has 0 saturated carbocycles. The minimum absolute atomic E-state index is 0.221. The van der Waals surface area contributed by atoms with Gasteiger partial charge in [-0.3, -0.25) is 4.21 Å². The average Bonchev–Trinajstić information content (AvgIpc) is 3.07. The lowest BCUT2D eigenvalue weighted by molar-refractivity contribution is 0.219. The molecule has 0 spiro atoms. The van der Waals surface area contributed by atoms with Gasteiger partial charge in [-0.15, -0.1) is 0 Å². The van der Waals surface area contributed by atoms with E-state index in [1.165, 1.54) is 31.2 Å². The van der Waals surface area contributed by atoms with Gasteiger partial charge in [-0.2, -0.15) is 0 Å². The molecule has 0 fully saturated rings. The molecule has 2 aromatic carbocycles. The number of benzene rings is 2. The molecule has 0 amide bonds. The van der Waals surface area contributed by atoms with Crippen LogP contribution in [0.2, 0.25) is 5.02 Å². The van der Waals surface area contributed by atoms with Crippen molar-refractivity contribution < 1.29 is 23.2 Å². The summed E-state index contributed by atoms with van der Waals surface area (Å²) in [7, 11) is -3.26. The predicted molar refractivity (Wildman–Crippen MR) is 89.8 cm³/mol. The summed E-state index contributed by atoms with van der Waals surface area (Å²) in [6, 6.07) is 8.74. The fraction of sp³-hybridized carbons (Fsp3) is 0.235. The van der Waals surface area contributed by atoms with Gasteiger partial charge < -0.3 is 10.2 Å². The zero-order chi connectivity index (χ0) is 17.7. The Morgan fingerprint density at radius 2 is 1.83 bits per heavy atom. The van der Waals surface area contributed by atoms with Crippen LogP contribution in [0, 0.1) is 17.6 Å². The minimum atomic E-state index is -3.26. The number of hydrogen-bond donors (Lipinski definition) is 2. The van der Waals surface area contributed by atoms with Crippen LogP contribution in [0.4, 0.5) is 8.78 Å². The highest BCUT2D eigenvalue weighted by atomic mass is 35.5. The van der Waals surface area contributed by atoms with Crippen molar-refractivity contribution in [1.82, 2.24) is 0 Å². The molecule has 0 aliphatic carbocycles. The molecular formula is C17H15ClF2O3S. The molecule has 0 saturated heterocycles. The Kier molecular flexibility index (Phi) is 4.20. The van der Waals surface area contributed by atoms with Crippen LogP contribution >= 0.6 is 11.6 Å². The Hall–Kier alpha value is -1.47. The quantitative estimate of drug-likeness (QED) is 0.808. The fourth-order valence-electron chi connectivity index (χ4n) is 3.17. The molecule has 2 N–H and O–H groups in total. The summed E-state index contributed by atoms with van der Waals surface area (Å²) in [5, 5.41) is 20.0. The molecule has 1 heterocycles. The number of aliphatic hydroxyl groups is 2. The van der Waals surface area contributed by atoms with Crippen LogP contribution < -0.4 is 0 Å². The van der Waals surface area contributed by atoms with E-state index in [2.05, 4.69) is 0 Å². The van der Waals surface area contributed by atoms with Crippen LogP contribution in [0.1, 0.15) is 12.5 Å². The first-order chi connectivity index (χ1) is 11.3. The second kappa shape index (κ2) is 5.81. The highest BCUT2D eigenvalue weighted by Crippen LogP contribution is 2.55. The van der Waals surface area contributed by atoms with Crippen molar-refractivity contribution in [1.29, 1.82) is 0 Å². The second-order valence-electron chi connectivity index (χ2n) is 5.76. The van der Waals surface area contributed by atoms with E-state index in [-0.39, 0.29) is 10.5 Å². The molecule has 7 heteroatoms. The monoisotopic (exact) mass is 372 g/mol. The average molecular weight is 373 g/mol. The second-order valence-corrected chi connectivity index (χ2v) is 8.81. The van der Waals surface area contributed by atoms with Crippen LogP contribution in [0.15, 0.2) is 47.4 Å². The van der Waals surface area contributed by atoms with Gasteiger partial charge >= 0.3 is 0 Å². The Balaban J connectivity index is 2.26. The third-order valence-corrected chi connectivity index (χ3v) is 8.02. The molecule has 1 aliphatic rings. The third kappa shape index (κ3) is 2.14. The predicted octanol–water partition coefficient (Wildman–Crippen LogP) is 3.49. The molecule has 2 aromatic rings. The summed E-state index contributed by atoms with van der Waals surface area (Å²) in [5.74, 6) is -2.28. The third-order valence-electron chi connectivity index (χ3n) is 4.44. The van der Waals surface area contributed by atoms with E-state index >= 15 is 0 Å². The van der Waals surface area contributed by atoms with Crippen LogP contribution in [-0.2, 0) is 14.3 Å². The molecule has 3 atom stereocenters. The summed E-state index contributed by atoms with van der Waals surface area (Å²) in [6.45, 7) is 1.08. The van der Waals surface area contributed by atoms with E-state index < -0.39 is 43.5 Å². The summed E-state index contributed by atoms with van der Waals surface area (Å²) in [6.07, 6.45) is 0. The van der Waals surface area contributed by atoms with Crippen LogP contribution in [0.5, 0.6) is 0 Å². The molecule has 0 aromatic heterocycles. The zero-order valence-electron chi connectivity index (χ0n) is 12.7. The smallest absolute Gasteiger partial charge is 0.132 e. The fourth-order valence-corrected chi connectivity index (χ4v) is 6.67. The van der Waals surface area contributed by atoms with Crippen LogP contribution in [0.25, 0.3) is 0 Å². The van der Waals surface area contributed by atoms with Gasteiger partial charge in [0.2, 0.25) is 0 Å². The van der Waals surface area contributed by atoms with Gasteiger partial charge in [-0.05, 0) is 42.5 Å². The molecule has 3 rings (SSSR count). The SMILES string of the molecule is C[C@H](CO)C1(c2cc(F)ccc2F)C(O)=S1(=O)c1ccc(Cl)cc1. The molecule has 3 nitrogen and oxygen atoms in total. The zero-order valence-corrected chi connectivity index (χ0v) is 14.2. The minimum Gasteiger partial charge on any atom is -0.396 e. The summed E-state index contributed by atoms with van der Waals surface area (Å²) >= 11 is 5.83. The normalized spacial score (nSPS) is 27.2. The van der Waals surface area contributed by atoms with Crippen molar-refractivity contribution in [2.45, 2.75) is 16.6 Å². The van der Waals surface area contributed by atoms with Crippen molar-refractivity contribution >= 4 is 26.2 Å². The lowest BCUT2D eigenvalue weighted by Gasteiger charge is -2.25.